The summed E-state index contributed by atoms with van der Waals surface area (Å²) in [5.41, 5.74) is 2.84. The van der Waals surface area contributed by atoms with E-state index in [4.69, 9.17) is 14.2 Å². The lowest BCUT2D eigenvalue weighted by Gasteiger charge is -2.17. The van der Waals surface area contributed by atoms with Crippen molar-refractivity contribution < 1.29 is 19.0 Å². The van der Waals surface area contributed by atoms with Gasteiger partial charge in [0.25, 0.3) is 5.91 Å². The molecule has 33 heavy (non-hydrogen) atoms. The molecule has 0 saturated heterocycles. The van der Waals surface area contributed by atoms with Crippen LogP contribution in [0.5, 0.6) is 17.2 Å². The first-order valence-corrected chi connectivity index (χ1v) is 10.7. The second-order valence-electron chi connectivity index (χ2n) is 8.35. The Morgan fingerprint density at radius 2 is 1.97 bits per heavy atom. The third kappa shape index (κ3) is 4.96. The van der Waals surface area contributed by atoms with Crippen LogP contribution < -0.4 is 19.5 Å². The predicted molar refractivity (Wildman–Crippen MR) is 126 cm³/mol. The van der Waals surface area contributed by atoms with Gasteiger partial charge in [-0.05, 0) is 38.1 Å². The summed E-state index contributed by atoms with van der Waals surface area (Å²) in [6.45, 7) is 4.52. The van der Waals surface area contributed by atoms with Crippen molar-refractivity contribution in [1.82, 2.24) is 15.1 Å². The van der Waals surface area contributed by atoms with E-state index in [2.05, 4.69) is 42.2 Å². The molecule has 0 atom stereocenters. The number of ether oxygens (including phenoxy) is 3. The van der Waals surface area contributed by atoms with Crippen LogP contribution >= 0.6 is 0 Å². The molecule has 2 aromatic carbocycles. The molecule has 2 heterocycles. The van der Waals surface area contributed by atoms with Crippen LogP contribution in [0.1, 0.15) is 29.9 Å². The molecule has 0 spiro atoms. The lowest BCUT2D eigenvalue weighted by atomic mass is 10.0. The molecule has 0 aliphatic carbocycles. The Hall–Kier alpha value is -3.92. The van der Waals surface area contributed by atoms with Crippen molar-refractivity contribution in [3.63, 3.8) is 0 Å². The summed E-state index contributed by atoms with van der Waals surface area (Å²) in [4.78, 5) is 12.6. The number of amides is 1. The van der Waals surface area contributed by atoms with Gasteiger partial charge in [0, 0.05) is 24.6 Å². The number of hydrogen-bond donors (Lipinski definition) is 1. The molecule has 1 aromatic heterocycles. The molecule has 0 radical (unpaired) electrons. The molecule has 0 unspecified atom stereocenters. The second kappa shape index (κ2) is 9.29. The third-order valence-electron chi connectivity index (χ3n) is 5.31. The van der Waals surface area contributed by atoms with E-state index in [0.717, 1.165) is 23.3 Å². The smallest absolute Gasteiger partial charge is 0.270 e. The van der Waals surface area contributed by atoms with Gasteiger partial charge in [-0.1, -0.05) is 36.1 Å². The van der Waals surface area contributed by atoms with E-state index < -0.39 is 0 Å². The Kier molecular flexibility index (Phi) is 6.27. The summed E-state index contributed by atoms with van der Waals surface area (Å²) in [5, 5.41) is 7.25. The van der Waals surface area contributed by atoms with E-state index in [-0.39, 0.29) is 24.7 Å². The highest BCUT2D eigenvalue weighted by molar-refractivity contribution is 5.94. The molecule has 7 heteroatoms. The molecule has 1 aliphatic heterocycles. The zero-order chi connectivity index (χ0) is 23.4. The molecule has 7 nitrogen and oxygen atoms in total. The first kappa shape index (κ1) is 22.3. The summed E-state index contributed by atoms with van der Waals surface area (Å²) >= 11 is 0. The van der Waals surface area contributed by atoms with E-state index in [1.165, 1.54) is 0 Å². The van der Waals surface area contributed by atoms with Crippen molar-refractivity contribution in [3.05, 3.63) is 59.8 Å². The zero-order valence-corrected chi connectivity index (χ0v) is 19.3. The van der Waals surface area contributed by atoms with Gasteiger partial charge < -0.3 is 19.5 Å². The monoisotopic (exact) mass is 445 g/mol. The van der Waals surface area contributed by atoms with Gasteiger partial charge >= 0.3 is 0 Å². The molecule has 4 rings (SSSR count). The largest absolute Gasteiger partial charge is 0.496 e. The highest BCUT2D eigenvalue weighted by Gasteiger charge is 2.32. The number of carbonyl (C=O) groups is 1. The van der Waals surface area contributed by atoms with E-state index in [1.807, 2.05) is 36.4 Å². The maximum Gasteiger partial charge on any atom is 0.270 e. The number of methoxy groups -OCH3 is 1. The van der Waals surface area contributed by atoms with E-state index in [9.17, 15) is 4.79 Å². The van der Waals surface area contributed by atoms with Gasteiger partial charge in [-0.25, -0.2) is 0 Å². The van der Waals surface area contributed by atoms with Gasteiger partial charge in [0.2, 0.25) is 0 Å². The molecule has 1 aliphatic rings. The van der Waals surface area contributed by atoms with Crippen LogP contribution in [-0.2, 0) is 13.5 Å². The van der Waals surface area contributed by atoms with Crippen LogP contribution in [0.15, 0.2) is 48.5 Å². The molecule has 170 valence electrons. The van der Waals surface area contributed by atoms with Gasteiger partial charge in [0.1, 0.15) is 23.7 Å². The van der Waals surface area contributed by atoms with Crippen molar-refractivity contribution in [2.45, 2.75) is 25.9 Å². The number of nitrogens with zero attached hydrogens (tertiary/aromatic N) is 2. The van der Waals surface area contributed by atoms with Gasteiger partial charge in [0.15, 0.2) is 11.5 Å². The minimum Gasteiger partial charge on any atom is -0.496 e. The standard InChI is InChI=1S/C26H27N3O4/c1-26(2)17-18-10-9-13-23(24(18)33-26)32-15-8-7-14-27-25(30)21-16-20(28-29(21)3)19-11-5-6-12-22(19)31-4/h5-6,9-13,16H,14-15,17H2,1-4H3,(H,27,30). The average Bonchev–Trinajstić information content (AvgIpc) is 3.34. The van der Waals surface area contributed by atoms with E-state index >= 15 is 0 Å². The maximum absolute atomic E-state index is 12.6. The second-order valence-corrected chi connectivity index (χ2v) is 8.35. The van der Waals surface area contributed by atoms with Crippen LogP contribution in [0.4, 0.5) is 0 Å². The Bertz CT molecular complexity index is 1230. The molecule has 0 fully saturated rings. The third-order valence-corrected chi connectivity index (χ3v) is 5.31. The fourth-order valence-corrected chi connectivity index (χ4v) is 3.81. The van der Waals surface area contributed by atoms with Gasteiger partial charge in [-0.2, -0.15) is 5.10 Å². The van der Waals surface area contributed by atoms with Crippen LogP contribution in [0.3, 0.4) is 0 Å². The minimum atomic E-state index is -0.252. The lowest BCUT2D eigenvalue weighted by Crippen LogP contribution is -2.25. The number of para-hydroxylation sites is 2. The summed E-state index contributed by atoms with van der Waals surface area (Å²) in [6.07, 6.45) is 0.851. The number of nitrogens with one attached hydrogen (secondary N) is 1. The number of carbonyl (C=O) groups excluding carboxylic acids is 1. The van der Waals surface area contributed by atoms with Gasteiger partial charge in [0.05, 0.1) is 19.3 Å². The molecule has 0 bridgehead atoms. The Labute approximate surface area is 193 Å². The van der Waals surface area contributed by atoms with Crippen LogP contribution in [0, 0.1) is 11.8 Å². The number of benzene rings is 2. The maximum atomic E-state index is 12.6. The molecule has 3 aromatic rings. The predicted octanol–water partition coefficient (Wildman–Crippen LogP) is 3.62. The normalized spacial score (nSPS) is 13.3. The molecular formula is C26H27N3O4. The SMILES string of the molecule is COc1ccccc1-c1cc(C(=O)NCC#CCOc2cccc3c2OC(C)(C)C3)n(C)n1. The summed E-state index contributed by atoms with van der Waals surface area (Å²) < 4.78 is 18.7. The zero-order valence-electron chi connectivity index (χ0n) is 19.3. The molecule has 1 amide bonds. The van der Waals surface area contributed by atoms with Crippen LogP contribution in [-0.4, -0.2) is 41.6 Å². The van der Waals surface area contributed by atoms with Crippen molar-refractivity contribution in [2.75, 3.05) is 20.3 Å². The highest BCUT2D eigenvalue weighted by Crippen LogP contribution is 2.41. The fourth-order valence-electron chi connectivity index (χ4n) is 3.81. The number of aromatic nitrogens is 2. The summed E-state index contributed by atoms with van der Waals surface area (Å²) in [5.74, 6) is 7.78. The molecule has 0 saturated carbocycles. The minimum absolute atomic E-state index is 0.202. The fraction of sp³-hybridized carbons (Fsp3) is 0.308. The molecular weight excluding hydrogens is 418 g/mol. The number of rotatable bonds is 6. The van der Waals surface area contributed by atoms with Crippen LogP contribution in [0.25, 0.3) is 11.3 Å². The number of fused-ring (bicyclic) bond motifs is 1. The van der Waals surface area contributed by atoms with E-state index in [0.29, 0.717) is 22.9 Å². The van der Waals surface area contributed by atoms with Crippen molar-refractivity contribution in [2.24, 2.45) is 7.05 Å². The first-order chi connectivity index (χ1) is 15.9. The van der Waals surface area contributed by atoms with Crippen molar-refractivity contribution in [3.8, 4) is 40.3 Å². The first-order valence-electron chi connectivity index (χ1n) is 10.7. The topological polar surface area (TPSA) is 74.6 Å². The Morgan fingerprint density at radius 1 is 1.18 bits per heavy atom. The summed E-state index contributed by atoms with van der Waals surface area (Å²) in [6, 6.07) is 15.2. The quantitative estimate of drug-likeness (QED) is 0.587. The Morgan fingerprint density at radius 3 is 2.79 bits per heavy atom. The average molecular weight is 446 g/mol. The summed E-state index contributed by atoms with van der Waals surface area (Å²) in [7, 11) is 3.34. The van der Waals surface area contributed by atoms with E-state index in [1.54, 1.807) is 24.9 Å². The molecule has 1 N–H and O–H groups in total. The number of hydrogen-bond acceptors (Lipinski definition) is 5. The van der Waals surface area contributed by atoms with Crippen molar-refractivity contribution in [1.29, 1.82) is 0 Å². The van der Waals surface area contributed by atoms with Crippen LogP contribution in [0.2, 0.25) is 0 Å². The van der Waals surface area contributed by atoms with Crippen molar-refractivity contribution >= 4 is 5.91 Å². The number of aryl methyl sites for hydroxylation is 1. The Balaban J connectivity index is 1.32. The lowest BCUT2D eigenvalue weighted by molar-refractivity contribution is 0.0949. The highest BCUT2D eigenvalue weighted by atomic mass is 16.5. The van der Waals surface area contributed by atoms with Gasteiger partial charge in [-0.15, -0.1) is 0 Å². The van der Waals surface area contributed by atoms with Gasteiger partial charge in [-0.3, -0.25) is 9.48 Å².